The van der Waals surface area contributed by atoms with Crippen molar-refractivity contribution in [2.75, 3.05) is 29.0 Å². The number of amides is 1. The standard InChI is InChI=1S/C24H34N2O5S/c1-7-14-32(28,29)26-20-16-21(30-8-2)19(15-22(20)31-9-3)25-23(27)17-10-12-18(13-11-17)24(4,5)6/h10-13,15-16,26H,7-9,14H2,1-6H3,(H,25,27). The summed E-state index contributed by atoms with van der Waals surface area (Å²) in [6.07, 6.45) is 0.486. The fourth-order valence-electron chi connectivity index (χ4n) is 3.09. The summed E-state index contributed by atoms with van der Waals surface area (Å²) in [5, 5.41) is 2.86. The van der Waals surface area contributed by atoms with Crippen LogP contribution in [0.3, 0.4) is 0 Å². The predicted octanol–water partition coefficient (Wildman–Crippen LogP) is 5.19. The topological polar surface area (TPSA) is 93.7 Å². The van der Waals surface area contributed by atoms with Crippen molar-refractivity contribution >= 4 is 27.3 Å². The lowest BCUT2D eigenvalue weighted by Crippen LogP contribution is -2.18. The molecule has 0 spiro atoms. The Labute approximate surface area is 191 Å². The van der Waals surface area contributed by atoms with Crippen molar-refractivity contribution in [2.24, 2.45) is 0 Å². The maximum absolute atomic E-state index is 12.9. The van der Waals surface area contributed by atoms with Crippen LogP contribution in [0.4, 0.5) is 11.4 Å². The van der Waals surface area contributed by atoms with Crippen LogP contribution in [-0.4, -0.2) is 33.3 Å². The van der Waals surface area contributed by atoms with E-state index in [1.54, 1.807) is 38.1 Å². The molecule has 0 unspecified atom stereocenters. The van der Waals surface area contributed by atoms with Gasteiger partial charge in [-0.3, -0.25) is 9.52 Å². The fraction of sp³-hybridized carbons (Fsp3) is 0.458. The molecule has 7 nitrogen and oxygen atoms in total. The molecule has 0 bridgehead atoms. The van der Waals surface area contributed by atoms with Gasteiger partial charge in [0.05, 0.1) is 30.3 Å². The van der Waals surface area contributed by atoms with Crippen LogP contribution >= 0.6 is 0 Å². The lowest BCUT2D eigenvalue weighted by Gasteiger charge is -2.20. The summed E-state index contributed by atoms with van der Waals surface area (Å²) in [6, 6.07) is 10.6. The van der Waals surface area contributed by atoms with Crippen LogP contribution in [0.25, 0.3) is 0 Å². The molecule has 0 aliphatic carbocycles. The maximum Gasteiger partial charge on any atom is 0.255 e. The van der Waals surface area contributed by atoms with E-state index in [0.717, 1.165) is 5.56 Å². The molecule has 0 radical (unpaired) electrons. The van der Waals surface area contributed by atoms with Crippen LogP contribution in [0.2, 0.25) is 0 Å². The van der Waals surface area contributed by atoms with Gasteiger partial charge in [-0.25, -0.2) is 8.42 Å². The van der Waals surface area contributed by atoms with E-state index >= 15 is 0 Å². The Morgan fingerprint density at radius 2 is 1.44 bits per heavy atom. The SMILES string of the molecule is CCCS(=O)(=O)Nc1cc(OCC)c(NC(=O)c2ccc(C(C)(C)C)cc2)cc1OCC. The summed E-state index contributed by atoms with van der Waals surface area (Å²) in [6.45, 7) is 12.4. The monoisotopic (exact) mass is 462 g/mol. The molecular formula is C24H34N2O5S. The van der Waals surface area contributed by atoms with Gasteiger partial charge in [-0.05, 0) is 43.4 Å². The summed E-state index contributed by atoms with van der Waals surface area (Å²) in [5.74, 6) is 0.359. The highest BCUT2D eigenvalue weighted by Gasteiger charge is 2.19. The van der Waals surface area contributed by atoms with Crippen LogP contribution in [-0.2, 0) is 15.4 Å². The van der Waals surface area contributed by atoms with E-state index in [-0.39, 0.29) is 22.8 Å². The molecule has 0 aliphatic rings. The largest absolute Gasteiger partial charge is 0.492 e. The molecule has 0 saturated carbocycles. The first-order chi connectivity index (χ1) is 15.0. The molecule has 8 heteroatoms. The number of hydrogen-bond donors (Lipinski definition) is 2. The van der Waals surface area contributed by atoms with Crippen LogP contribution in [0.15, 0.2) is 36.4 Å². The zero-order chi connectivity index (χ0) is 23.9. The molecule has 0 saturated heterocycles. The lowest BCUT2D eigenvalue weighted by molar-refractivity contribution is 0.102. The van der Waals surface area contributed by atoms with E-state index in [4.69, 9.17) is 9.47 Å². The Hall–Kier alpha value is -2.74. The second-order valence-electron chi connectivity index (χ2n) is 8.41. The molecule has 0 aromatic heterocycles. The van der Waals surface area contributed by atoms with Gasteiger partial charge >= 0.3 is 0 Å². The minimum absolute atomic E-state index is 0.00835. The Bertz CT molecular complexity index is 1030. The number of rotatable bonds is 10. The number of benzene rings is 2. The number of ether oxygens (including phenoxy) is 2. The molecule has 176 valence electrons. The van der Waals surface area contributed by atoms with E-state index in [1.165, 1.54) is 0 Å². The van der Waals surface area contributed by atoms with Gasteiger partial charge in [-0.1, -0.05) is 39.8 Å². The minimum atomic E-state index is -3.53. The summed E-state index contributed by atoms with van der Waals surface area (Å²) < 4.78 is 38.5. The van der Waals surface area contributed by atoms with Gasteiger partial charge in [0.1, 0.15) is 11.5 Å². The number of hydrogen-bond acceptors (Lipinski definition) is 5. The van der Waals surface area contributed by atoms with Gasteiger partial charge in [0.2, 0.25) is 10.0 Å². The normalized spacial score (nSPS) is 11.7. The molecule has 32 heavy (non-hydrogen) atoms. The van der Waals surface area contributed by atoms with Crippen molar-refractivity contribution in [3.8, 4) is 11.5 Å². The highest BCUT2D eigenvalue weighted by Crippen LogP contribution is 2.38. The van der Waals surface area contributed by atoms with Gasteiger partial charge in [0, 0.05) is 17.7 Å². The summed E-state index contributed by atoms with van der Waals surface area (Å²) in [7, 11) is -3.53. The summed E-state index contributed by atoms with van der Waals surface area (Å²) in [5.41, 5.74) is 2.30. The second-order valence-corrected chi connectivity index (χ2v) is 10.3. The third kappa shape index (κ3) is 6.88. The Morgan fingerprint density at radius 1 is 0.906 bits per heavy atom. The molecule has 0 fully saturated rings. The highest BCUT2D eigenvalue weighted by atomic mass is 32.2. The molecule has 1 amide bonds. The van der Waals surface area contributed by atoms with E-state index in [0.29, 0.717) is 42.4 Å². The van der Waals surface area contributed by atoms with Crippen LogP contribution in [0.1, 0.15) is 63.9 Å². The summed E-state index contributed by atoms with van der Waals surface area (Å²) >= 11 is 0. The van der Waals surface area contributed by atoms with Crippen molar-refractivity contribution in [1.82, 2.24) is 0 Å². The Balaban J connectivity index is 2.39. The average molecular weight is 463 g/mol. The quantitative estimate of drug-likeness (QED) is 0.507. The van der Waals surface area contributed by atoms with E-state index < -0.39 is 10.0 Å². The van der Waals surface area contributed by atoms with Crippen LogP contribution in [0, 0.1) is 0 Å². The number of anilines is 2. The Morgan fingerprint density at radius 3 is 1.94 bits per heavy atom. The van der Waals surface area contributed by atoms with Crippen molar-refractivity contribution < 1.29 is 22.7 Å². The van der Waals surface area contributed by atoms with Gasteiger partial charge in [-0.2, -0.15) is 0 Å². The van der Waals surface area contributed by atoms with Crippen molar-refractivity contribution in [3.63, 3.8) is 0 Å². The van der Waals surface area contributed by atoms with Crippen LogP contribution in [0.5, 0.6) is 11.5 Å². The van der Waals surface area contributed by atoms with Gasteiger partial charge in [0.25, 0.3) is 5.91 Å². The number of sulfonamides is 1. The lowest BCUT2D eigenvalue weighted by atomic mass is 9.87. The molecule has 0 aliphatic heterocycles. The second kappa shape index (κ2) is 10.7. The predicted molar refractivity (Wildman–Crippen MR) is 130 cm³/mol. The first-order valence-corrected chi connectivity index (χ1v) is 12.5. The fourth-order valence-corrected chi connectivity index (χ4v) is 4.22. The third-order valence-electron chi connectivity index (χ3n) is 4.68. The van der Waals surface area contributed by atoms with Crippen molar-refractivity contribution in [2.45, 2.75) is 53.4 Å². The molecule has 0 heterocycles. The number of carbonyl (C=O) groups excluding carboxylic acids is 1. The molecular weight excluding hydrogens is 428 g/mol. The smallest absolute Gasteiger partial charge is 0.255 e. The molecule has 2 aromatic rings. The Kier molecular flexibility index (Phi) is 8.55. The zero-order valence-electron chi connectivity index (χ0n) is 19.7. The number of nitrogens with one attached hydrogen (secondary N) is 2. The minimum Gasteiger partial charge on any atom is -0.492 e. The van der Waals surface area contributed by atoms with Crippen molar-refractivity contribution in [1.29, 1.82) is 0 Å². The maximum atomic E-state index is 12.9. The van der Waals surface area contributed by atoms with Crippen molar-refractivity contribution in [3.05, 3.63) is 47.5 Å². The summed E-state index contributed by atoms with van der Waals surface area (Å²) in [4.78, 5) is 12.9. The average Bonchev–Trinajstić information content (AvgIpc) is 2.70. The van der Waals surface area contributed by atoms with E-state index in [2.05, 4.69) is 30.8 Å². The molecule has 2 aromatic carbocycles. The number of carbonyl (C=O) groups is 1. The van der Waals surface area contributed by atoms with E-state index in [9.17, 15) is 13.2 Å². The first-order valence-electron chi connectivity index (χ1n) is 10.9. The highest BCUT2D eigenvalue weighted by molar-refractivity contribution is 7.92. The third-order valence-corrected chi connectivity index (χ3v) is 6.16. The molecule has 2 N–H and O–H groups in total. The van der Waals surface area contributed by atoms with Gasteiger partial charge in [-0.15, -0.1) is 0 Å². The van der Waals surface area contributed by atoms with Gasteiger partial charge < -0.3 is 14.8 Å². The first kappa shape index (κ1) is 25.5. The van der Waals surface area contributed by atoms with Crippen LogP contribution < -0.4 is 19.5 Å². The van der Waals surface area contributed by atoms with Gasteiger partial charge in [0.15, 0.2) is 0 Å². The molecule has 0 atom stereocenters. The van der Waals surface area contributed by atoms with E-state index in [1.807, 2.05) is 19.1 Å². The molecule has 2 rings (SSSR count). The zero-order valence-corrected chi connectivity index (χ0v) is 20.6.